The van der Waals surface area contributed by atoms with E-state index in [0.717, 1.165) is 17.7 Å². The van der Waals surface area contributed by atoms with Crippen LogP contribution in [0.25, 0.3) is 0 Å². The second-order valence-electron chi connectivity index (χ2n) is 7.27. The van der Waals surface area contributed by atoms with Crippen molar-refractivity contribution in [2.75, 3.05) is 36.6 Å². The predicted octanol–water partition coefficient (Wildman–Crippen LogP) is 3.50. The fourth-order valence-electron chi connectivity index (χ4n) is 2.77. The van der Waals surface area contributed by atoms with Gasteiger partial charge >= 0.3 is 0 Å². The topological polar surface area (TPSA) is 90.5 Å². The summed E-state index contributed by atoms with van der Waals surface area (Å²) in [5.74, 6) is -0.111. The van der Waals surface area contributed by atoms with Gasteiger partial charge in [0.2, 0.25) is 17.7 Å². The summed E-state index contributed by atoms with van der Waals surface area (Å²) in [6.07, 6.45) is 2.39. The van der Waals surface area contributed by atoms with Crippen molar-refractivity contribution in [2.24, 2.45) is 0 Å². The van der Waals surface area contributed by atoms with Gasteiger partial charge in [-0.25, -0.2) is 0 Å². The van der Waals surface area contributed by atoms with E-state index in [4.69, 9.17) is 0 Å². The first kappa shape index (κ1) is 22.9. The predicted molar refractivity (Wildman–Crippen MR) is 121 cm³/mol. The maximum atomic E-state index is 12.2. The molecule has 2 rings (SSSR count). The van der Waals surface area contributed by atoms with E-state index in [-0.39, 0.29) is 24.3 Å². The highest BCUT2D eigenvalue weighted by molar-refractivity contribution is 5.94. The van der Waals surface area contributed by atoms with Gasteiger partial charge in [-0.3, -0.25) is 14.4 Å². The summed E-state index contributed by atoms with van der Waals surface area (Å²) in [6, 6.07) is 14.8. The van der Waals surface area contributed by atoms with Gasteiger partial charge < -0.3 is 20.9 Å². The number of nitrogens with one attached hydrogen (secondary N) is 3. The van der Waals surface area contributed by atoms with Crippen molar-refractivity contribution in [1.29, 1.82) is 0 Å². The smallest absolute Gasteiger partial charge is 0.243 e. The molecule has 2 aromatic rings. The molecule has 0 heterocycles. The van der Waals surface area contributed by atoms with Gasteiger partial charge in [0.05, 0.1) is 6.54 Å². The van der Waals surface area contributed by atoms with Crippen LogP contribution in [0, 0.1) is 0 Å². The van der Waals surface area contributed by atoms with E-state index in [1.54, 1.807) is 25.1 Å². The number of carbonyl (C=O) groups is 3. The molecule has 0 bridgehead atoms. The standard InChI is InChI=1S/C23H30N4O3/c1-4-6-21(28)26-20-8-5-7-19(15-20)24-16-22(29)25-18-12-9-17(10-13-18)11-14-23(30)27(2)3/h5,7-10,12-13,15,24H,4,6,11,14,16H2,1-3H3,(H,25,29)(H,26,28). The fourth-order valence-corrected chi connectivity index (χ4v) is 2.77. The molecule has 0 aliphatic heterocycles. The van der Waals surface area contributed by atoms with Crippen LogP contribution < -0.4 is 16.0 Å². The van der Waals surface area contributed by atoms with Crippen molar-refractivity contribution in [3.8, 4) is 0 Å². The average Bonchev–Trinajstić information content (AvgIpc) is 2.72. The van der Waals surface area contributed by atoms with Gasteiger partial charge in [0.15, 0.2) is 0 Å². The summed E-state index contributed by atoms with van der Waals surface area (Å²) in [4.78, 5) is 37.2. The SMILES string of the molecule is CCCC(=O)Nc1cccc(NCC(=O)Nc2ccc(CCC(=O)N(C)C)cc2)c1. The van der Waals surface area contributed by atoms with E-state index in [1.165, 1.54) is 0 Å². The zero-order valence-corrected chi connectivity index (χ0v) is 17.8. The third-order valence-corrected chi connectivity index (χ3v) is 4.44. The monoisotopic (exact) mass is 410 g/mol. The first-order valence-electron chi connectivity index (χ1n) is 10.1. The molecule has 0 unspecified atom stereocenters. The minimum absolute atomic E-state index is 0.0260. The molecular formula is C23H30N4O3. The van der Waals surface area contributed by atoms with E-state index >= 15 is 0 Å². The zero-order chi connectivity index (χ0) is 21.9. The van der Waals surface area contributed by atoms with Crippen LogP contribution in [0.15, 0.2) is 48.5 Å². The molecule has 160 valence electrons. The Balaban J connectivity index is 1.80. The van der Waals surface area contributed by atoms with Gasteiger partial charge in [0, 0.05) is 44.0 Å². The molecule has 0 aliphatic carbocycles. The van der Waals surface area contributed by atoms with Gasteiger partial charge in [-0.2, -0.15) is 0 Å². The summed E-state index contributed by atoms with van der Waals surface area (Å²) < 4.78 is 0. The lowest BCUT2D eigenvalue weighted by atomic mass is 10.1. The summed E-state index contributed by atoms with van der Waals surface area (Å²) in [7, 11) is 3.49. The van der Waals surface area contributed by atoms with Crippen molar-refractivity contribution < 1.29 is 14.4 Å². The van der Waals surface area contributed by atoms with Crippen molar-refractivity contribution in [2.45, 2.75) is 32.6 Å². The molecule has 0 saturated carbocycles. The molecule has 0 spiro atoms. The number of hydrogen-bond donors (Lipinski definition) is 3. The second kappa shape index (κ2) is 11.6. The van der Waals surface area contributed by atoms with Crippen molar-refractivity contribution in [3.63, 3.8) is 0 Å². The summed E-state index contributed by atoms with van der Waals surface area (Å²) in [6.45, 7) is 2.06. The van der Waals surface area contributed by atoms with Crippen molar-refractivity contribution in [3.05, 3.63) is 54.1 Å². The van der Waals surface area contributed by atoms with E-state index in [1.807, 2.05) is 49.4 Å². The van der Waals surface area contributed by atoms with E-state index in [2.05, 4.69) is 16.0 Å². The van der Waals surface area contributed by atoms with Crippen molar-refractivity contribution in [1.82, 2.24) is 4.90 Å². The minimum Gasteiger partial charge on any atom is -0.376 e. The van der Waals surface area contributed by atoms with E-state index in [9.17, 15) is 14.4 Å². The fraction of sp³-hybridized carbons (Fsp3) is 0.348. The van der Waals surface area contributed by atoms with Crippen LogP contribution in [-0.4, -0.2) is 43.3 Å². The third kappa shape index (κ3) is 7.95. The summed E-state index contributed by atoms with van der Waals surface area (Å²) in [5, 5.41) is 8.74. The van der Waals surface area contributed by atoms with Crippen LogP contribution in [-0.2, 0) is 20.8 Å². The second-order valence-corrected chi connectivity index (χ2v) is 7.27. The first-order chi connectivity index (χ1) is 14.4. The zero-order valence-electron chi connectivity index (χ0n) is 17.8. The third-order valence-electron chi connectivity index (χ3n) is 4.44. The molecule has 7 nitrogen and oxygen atoms in total. The van der Waals surface area contributed by atoms with Crippen LogP contribution in [0.2, 0.25) is 0 Å². The lowest BCUT2D eigenvalue weighted by molar-refractivity contribution is -0.128. The molecule has 0 saturated heterocycles. The highest BCUT2D eigenvalue weighted by Gasteiger charge is 2.06. The summed E-state index contributed by atoms with van der Waals surface area (Å²) in [5.41, 5.74) is 3.19. The molecule has 3 amide bonds. The molecule has 7 heteroatoms. The van der Waals surface area contributed by atoms with E-state index < -0.39 is 0 Å². The number of amides is 3. The van der Waals surface area contributed by atoms with Crippen LogP contribution in [0.3, 0.4) is 0 Å². The summed E-state index contributed by atoms with van der Waals surface area (Å²) >= 11 is 0. The number of rotatable bonds is 10. The van der Waals surface area contributed by atoms with Gasteiger partial charge in [-0.15, -0.1) is 0 Å². The number of hydrogen-bond acceptors (Lipinski definition) is 4. The Morgan fingerprint density at radius 3 is 2.17 bits per heavy atom. The highest BCUT2D eigenvalue weighted by Crippen LogP contribution is 2.16. The number of nitrogens with zero attached hydrogens (tertiary/aromatic N) is 1. The quantitative estimate of drug-likeness (QED) is 0.559. The lowest BCUT2D eigenvalue weighted by Crippen LogP contribution is -2.22. The number of carbonyl (C=O) groups excluding carboxylic acids is 3. The van der Waals surface area contributed by atoms with E-state index in [0.29, 0.717) is 30.6 Å². The maximum absolute atomic E-state index is 12.2. The van der Waals surface area contributed by atoms with Crippen LogP contribution >= 0.6 is 0 Å². The van der Waals surface area contributed by atoms with Crippen LogP contribution in [0.4, 0.5) is 17.1 Å². The Hall–Kier alpha value is -3.35. The van der Waals surface area contributed by atoms with Gasteiger partial charge in [0.1, 0.15) is 0 Å². The Morgan fingerprint density at radius 2 is 1.50 bits per heavy atom. The highest BCUT2D eigenvalue weighted by atomic mass is 16.2. The molecule has 0 radical (unpaired) electrons. The average molecular weight is 411 g/mol. The van der Waals surface area contributed by atoms with Gasteiger partial charge in [-0.1, -0.05) is 25.1 Å². The largest absolute Gasteiger partial charge is 0.376 e. The van der Waals surface area contributed by atoms with Gasteiger partial charge in [0.25, 0.3) is 0 Å². The first-order valence-corrected chi connectivity index (χ1v) is 10.1. The molecule has 0 fully saturated rings. The van der Waals surface area contributed by atoms with Crippen molar-refractivity contribution >= 4 is 34.8 Å². The molecule has 2 aromatic carbocycles. The van der Waals surface area contributed by atoms with Gasteiger partial charge in [-0.05, 0) is 48.7 Å². The molecule has 0 aromatic heterocycles. The molecule has 3 N–H and O–H groups in total. The Morgan fingerprint density at radius 1 is 0.833 bits per heavy atom. The normalized spacial score (nSPS) is 10.2. The Labute approximate surface area is 177 Å². The number of aryl methyl sites for hydroxylation is 1. The van der Waals surface area contributed by atoms with Crippen LogP contribution in [0.5, 0.6) is 0 Å². The lowest BCUT2D eigenvalue weighted by Gasteiger charge is -2.11. The Kier molecular flexibility index (Phi) is 8.87. The van der Waals surface area contributed by atoms with Crippen LogP contribution in [0.1, 0.15) is 31.7 Å². The minimum atomic E-state index is -0.175. The molecule has 30 heavy (non-hydrogen) atoms. The maximum Gasteiger partial charge on any atom is 0.243 e. The number of anilines is 3. The number of benzene rings is 2. The Bertz CT molecular complexity index is 863. The molecule has 0 atom stereocenters. The molecule has 0 aliphatic rings. The molecular weight excluding hydrogens is 380 g/mol.